The molecule has 2 heterocycles. The molecule has 0 radical (unpaired) electrons. The van der Waals surface area contributed by atoms with E-state index in [1.54, 1.807) is 0 Å². The Bertz CT molecular complexity index is 651. The van der Waals surface area contributed by atoms with Crippen molar-refractivity contribution in [1.82, 2.24) is 30.3 Å². The van der Waals surface area contributed by atoms with E-state index in [4.69, 9.17) is 9.73 Å². The van der Waals surface area contributed by atoms with Crippen molar-refractivity contribution in [2.45, 2.75) is 56.9 Å². The van der Waals surface area contributed by atoms with Crippen molar-refractivity contribution in [3.63, 3.8) is 0 Å². The predicted molar refractivity (Wildman–Crippen MR) is 135 cm³/mol. The van der Waals surface area contributed by atoms with Gasteiger partial charge in [-0.05, 0) is 45.4 Å². The Hall–Kier alpha value is -0.590. The SMILES string of the molecule is CSC1CCCC(NC(=NCc2nnc(C)n2C)NCCCN2CCOCC2)C1.I. The molecule has 1 aliphatic carbocycles. The van der Waals surface area contributed by atoms with E-state index in [-0.39, 0.29) is 24.0 Å². The standard InChI is InChI=1S/C20H37N7OS.HI/c1-16-24-25-19(26(16)2)15-22-20(23-17-6-4-7-18(14-17)29-3)21-8-5-9-27-10-12-28-13-11-27;/h17-18H,4-15H2,1-3H3,(H2,21,22,23);1H. The normalized spacial score (nSPS) is 23.1. The number of halogens is 1. The van der Waals surface area contributed by atoms with Gasteiger partial charge >= 0.3 is 0 Å². The van der Waals surface area contributed by atoms with Gasteiger partial charge < -0.3 is 19.9 Å². The summed E-state index contributed by atoms with van der Waals surface area (Å²) in [5.74, 6) is 2.71. The van der Waals surface area contributed by atoms with Gasteiger partial charge in [0.05, 0.1) is 13.2 Å². The average molecular weight is 552 g/mol. The molecular formula is C20H38IN7OS. The van der Waals surface area contributed by atoms with Crippen LogP contribution in [0.1, 0.15) is 43.8 Å². The minimum absolute atomic E-state index is 0. The first-order valence-electron chi connectivity index (χ1n) is 10.9. The number of hydrogen-bond acceptors (Lipinski definition) is 6. The largest absolute Gasteiger partial charge is 0.379 e. The van der Waals surface area contributed by atoms with Crippen LogP contribution in [0.15, 0.2) is 4.99 Å². The maximum absolute atomic E-state index is 5.43. The smallest absolute Gasteiger partial charge is 0.191 e. The first-order chi connectivity index (χ1) is 14.2. The van der Waals surface area contributed by atoms with Crippen molar-refractivity contribution in [3.8, 4) is 0 Å². The number of aliphatic imine (C=N–C) groups is 1. The number of thioether (sulfide) groups is 1. The van der Waals surface area contributed by atoms with Crippen LogP contribution in [0.25, 0.3) is 0 Å². The fourth-order valence-corrected chi connectivity index (χ4v) is 4.74. The van der Waals surface area contributed by atoms with Crippen molar-refractivity contribution < 1.29 is 4.74 Å². The van der Waals surface area contributed by atoms with Gasteiger partial charge in [-0.25, -0.2) is 4.99 Å². The van der Waals surface area contributed by atoms with Crippen LogP contribution < -0.4 is 10.6 Å². The highest BCUT2D eigenvalue weighted by molar-refractivity contribution is 14.0. The van der Waals surface area contributed by atoms with Crippen LogP contribution in [0.2, 0.25) is 0 Å². The molecule has 3 rings (SSSR count). The Morgan fingerprint density at radius 1 is 1.27 bits per heavy atom. The molecule has 0 amide bonds. The van der Waals surface area contributed by atoms with Gasteiger partial charge in [0.2, 0.25) is 0 Å². The topological polar surface area (TPSA) is 79.6 Å². The van der Waals surface area contributed by atoms with Crippen molar-refractivity contribution in [2.75, 3.05) is 45.6 Å². The summed E-state index contributed by atoms with van der Waals surface area (Å²) in [7, 11) is 1.99. The summed E-state index contributed by atoms with van der Waals surface area (Å²) in [6.45, 7) is 8.33. The molecule has 1 aromatic heterocycles. The van der Waals surface area contributed by atoms with Crippen molar-refractivity contribution in [2.24, 2.45) is 12.0 Å². The zero-order valence-electron chi connectivity index (χ0n) is 18.6. The van der Waals surface area contributed by atoms with Crippen molar-refractivity contribution in [1.29, 1.82) is 0 Å². The van der Waals surface area contributed by atoms with E-state index in [0.29, 0.717) is 12.6 Å². The second-order valence-electron chi connectivity index (χ2n) is 7.99. The lowest BCUT2D eigenvalue weighted by Gasteiger charge is -2.30. The monoisotopic (exact) mass is 551 g/mol. The molecule has 0 spiro atoms. The number of nitrogens with one attached hydrogen (secondary N) is 2. The Labute approximate surface area is 202 Å². The van der Waals surface area contributed by atoms with E-state index in [0.717, 1.165) is 68.7 Å². The first kappa shape index (κ1) is 25.7. The number of ether oxygens (including phenoxy) is 1. The van der Waals surface area contributed by atoms with Crippen LogP contribution in [-0.2, 0) is 18.3 Å². The zero-order valence-corrected chi connectivity index (χ0v) is 21.7. The molecule has 1 aromatic rings. The molecule has 30 heavy (non-hydrogen) atoms. The summed E-state index contributed by atoms with van der Waals surface area (Å²) < 4.78 is 7.43. The van der Waals surface area contributed by atoms with Gasteiger partial charge in [-0.15, -0.1) is 34.2 Å². The third-order valence-electron chi connectivity index (χ3n) is 5.91. The van der Waals surface area contributed by atoms with E-state index < -0.39 is 0 Å². The summed E-state index contributed by atoms with van der Waals surface area (Å²) in [5.41, 5.74) is 0. The number of aromatic nitrogens is 3. The van der Waals surface area contributed by atoms with Crippen LogP contribution in [0.5, 0.6) is 0 Å². The minimum Gasteiger partial charge on any atom is -0.379 e. The van der Waals surface area contributed by atoms with Gasteiger partial charge in [0.1, 0.15) is 12.4 Å². The molecule has 1 aliphatic heterocycles. The van der Waals surface area contributed by atoms with E-state index in [2.05, 4.69) is 32.0 Å². The van der Waals surface area contributed by atoms with E-state index in [9.17, 15) is 0 Å². The van der Waals surface area contributed by atoms with Gasteiger partial charge in [0.15, 0.2) is 11.8 Å². The Morgan fingerprint density at radius 3 is 2.77 bits per heavy atom. The van der Waals surface area contributed by atoms with Gasteiger partial charge in [0.25, 0.3) is 0 Å². The molecule has 172 valence electrons. The number of aryl methyl sites for hydroxylation is 1. The number of guanidine groups is 1. The van der Waals surface area contributed by atoms with Crippen LogP contribution in [0, 0.1) is 6.92 Å². The summed E-state index contributed by atoms with van der Waals surface area (Å²) in [6.07, 6.45) is 8.37. The van der Waals surface area contributed by atoms with Crippen LogP contribution in [-0.4, -0.2) is 82.6 Å². The highest BCUT2D eigenvalue weighted by Gasteiger charge is 2.22. The second-order valence-corrected chi connectivity index (χ2v) is 9.13. The Morgan fingerprint density at radius 2 is 2.07 bits per heavy atom. The molecular weight excluding hydrogens is 513 g/mol. The third-order valence-corrected chi connectivity index (χ3v) is 7.00. The van der Waals surface area contributed by atoms with E-state index in [1.807, 2.05) is 30.3 Å². The number of nitrogens with zero attached hydrogens (tertiary/aromatic N) is 5. The average Bonchev–Trinajstić information content (AvgIpc) is 3.08. The fourth-order valence-electron chi connectivity index (χ4n) is 3.91. The van der Waals surface area contributed by atoms with Gasteiger partial charge in [0, 0.05) is 38.0 Å². The molecule has 2 fully saturated rings. The first-order valence-corrected chi connectivity index (χ1v) is 12.2. The predicted octanol–water partition coefficient (Wildman–Crippen LogP) is 2.17. The lowest BCUT2D eigenvalue weighted by molar-refractivity contribution is 0.0376. The molecule has 2 atom stereocenters. The summed E-state index contributed by atoms with van der Waals surface area (Å²) >= 11 is 1.99. The second kappa shape index (κ2) is 13.7. The van der Waals surface area contributed by atoms with E-state index >= 15 is 0 Å². The lowest BCUT2D eigenvalue weighted by atomic mass is 9.95. The van der Waals surface area contributed by atoms with Gasteiger partial charge in [-0.1, -0.05) is 6.42 Å². The fraction of sp³-hybridized carbons (Fsp3) is 0.850. The maximum atomic E-state index is 5.43. The van der Waals surface area contributed by atoms with Gasteiger partial charge in [-0.3, -0.25) is 4.90 Å². The molecule has 10 heteroatoms. The summed E-state index contributed by atoms with van der Waals surface area (Å²) in [6, 6.07) is 0.493. The minimum atomic E-state index is 0. The molecule has 8 nitrogen and oxygen atoms in total. The van der Waals surface area contributed by atoms with Crippen LogP contribution in [0.4, 0.5) is 0 Å². The number of hydrogen-bond donors (Lipinski definition) is 2. The molecule has 0 bridgehead atoms. The molecule has 1 saturated heterocycles. The Balaban J connectivity index is 0.00000320. The molecule has 2 aliphatic rings. The van der Waals surface area contributed by atoms with Gasteiger partial charge in [-0.2, -0.15) is 11.8 Å². The summed E-state index contributed by atoms with van der Waals surface area (Å²) in [4.78, 5) is 7.30. The highest BCUT2D eigenvalue weighted by Crippen LogP contribution is 2.26. The Kier molecular flexibility index (Phi) is 11.8. The molecule has 0 aromatic carbocycles. The lowest BCUT2D eigenvalue weighted by Crippen LogP contribution is -2.46. The molecule has 2 N–H and O–H groups in total. The quantitative estimate of drug-likeness (QED) is 0.222. The zero-order chi connectivity index (χ0) is 20.5. The molecule has 2 unspecified atom stereocenters. The maximum Gasteiger partial charge on any atom is 0.191 e. The van der Waals surface area contributed by atoms with Crippen molar-refractivity contribution >= 4 is 41.7 Å². The van der Waals surface area contributed by atoms with Crippen LogP contribution >= 0.6 is 35.7 Å². The summed E-state index contributed by atoms with van der Waals surface area (Å²) in [5, 5.41) is 16.4. The highest BCUT2D eigenvalue weighted by atomic mass is 127. The van der Waals surface area contributed by atoms with E-state index in [1.165, 1.54) is 25.7 Å². The van der Waals surface area contributed by atoms with Crippen LogP contribution in [0.3, 0.4) is 0 Å². The molecule has 1 saturated carbocycles. The third kappa shape index (κ3) is 8.16. The number of rotatable bonds is 8. The number of morpholine rings is 1. The van der Waals surface area contributed by atoms with Crippen molar-refractivity contribution in [3.05, 3.63) is 11.6 Å².